The van der Waals surface area contributed by atoms with Gasteiger partial charge in [0.1, 0.15) is 0 Å². The molecule has 0 aliphatic rings. The number of hydrogen-bond acceptors (Lipinski definition) is 5. The number of benzene rings is 2. The Morgan fingerprint density at radius 1 is 0.852 bits per heavy atom. The molecule has 0 aliphatic carbocycles. The highest BCUT2D eigenvalue weighted by molar-refractivity contribution is 6.05. The van der Waals surface area contributed by atoms with E-state index in [0.717, 1.165) is 0 Å². The van der Waals surface area contributed by atoms with Crippen LogP contribution >= 0.6 is 0 Å². The van der Waals surface area contributed by atoms with Gasteiger partial charge in [0.15, 0.2) is 11.5 Å². The summed E-state index contributed by atoms with van der Waals surface area (Å²) in [4.78, 5) is 23.8. The van der Waals surface area contributed by atoms with Crippen molar-refractivity contribution in [3.05, 3.63) is 47.5 Å². The minimum absolute atomic E-state index is 0.341. The maximum Gasteiger partial charge on any atom is 0.255 e. The second kappa shape index (κ2) is 9.47. The Labute approximate surface area is 158 Å². The van der Waals surface area contributed by atoms with Gasteiger partial charge in [-0.2, -0.15) is 0 Å². The van der Waals surface area contributed by atoms with Crippen molar-refractivity contribution in [2.75, 3.05) is 25.1 Å². The van der Waals surface area contributed by atoms with Gasteiger partial charge in [-0.25, -0.2) is 0 Å². The average molecular weight is 372 g/mol. The van der Waals surface area contributed by atoms with Crippen molar-refractivity contribution in [2.45, 2.75) is 20.8 Å². The molecule has 0 heterocycles. The lowest BCUT2D eigenvalue weighted by molar-refractivity contribution is 0.0998. The summed E-state index contributed by atoms with van der Waals surface area (Å²) in [5.41, 5.74) is 6.49. The van der Waals surface area contributed by atoms with Crippen LogP contribution in [0.15, 0.2) is 36.4 Å². The molecule has 2 aromatic rings. The molecule has 0 fully saturated rings. The minimum atomic E-state index is -0.526. The van der Waals surface area contributed by atoms with E-state index in [1.165, 1.54) is 0 Å². The highest BCUT2D eigenvalue weighted by atomic mass is 16.5. The Bertz CT molecular complexity index is 776. The van der Waals surface area contributed by atoms with Crippen LogP contribution in [0.3, 0.4) is 0 Å². The van der Waals surface area contributed by atoms with Crippen molar-refractivity contribution in [1.82, 2.24) is 0 Å². The summed E-state index contributed by atoms with van der Waals surface area (Å²) >= 11 is 0. The van der Waals surface area contributed by atoms with Gasteiger partial charge in [-0.3, -0.25) is 9.59 Å². The number of nitrogens with one attached hydrogen (secondary N) is 1. The molecule has 0 saturated heterocycles. The van der Waals surface area contributed by atoms with Crippen LogP contribution < -0.4 is 25.3 Å². The molecule has 0 bridgehead atoms. The standard InChI is InChI=1S/C20H24N2O5/c1-4-25-16-11-14(12-17(26-5-2)18(16)27-6-3)20(24)22-15-9-7-13(8-10-15)19(21)23/h7-12H,4-6H2,1-3H3,(H2,21,23)(H,22,24). The molecule has 144 valence electrons. The van der Waals surface area contributed by atoms with E-state index >= 15 is 0 Å². The third kappa shape index (κ3) is 5.13. The average Bonchev–Trinajstić information content (AvgIpc) is 2.65. The lowest BCUT2D eigenvalue weighted by Gasteiger charge is -2.17. The molecule has 0 unspecified atom stereocenters. The van der Waals surface area contributed by atoms with Crippen molar-refractivity contribution in [3.8, 4) is 17.2 Å². The molecule has 0 saturated carbocycles. The Hall–Kier alpha value is -3.22. The van der Waals surface area contributed by atoms with Crippen molar-refractivity contribution in [3.63, 3.8) is 0 Å². The Balaban J connectivity index is 2.32. The van der Waals surface area contributed by atoms with E-state index in [1.807, 2.05) is 20.8 Å². The number of anilines is 1. The molecule has 0 aromatic heterocycles. The predicted octanol–water partition coefficient (Wildman–Crippen LogP) is 3.23. The minimum Gasteiger partial charge on any atom is -0.490 e. The van der Waals surface area contributed by atoms with Crippen molar-refractivity contribution in [2.24, 2.45) is 5.73 Å². The summed E-state index contributed by atoms with van der Waals surface area (Å²) in [6.07, 6.45) is 0. The molecular weight excluding hydrogens is 348 g/mol. The van der Waals surface area contributed by atoms with Crippen LogP contribution in [0.2, 0.25) is 0 Å². The second-order valence-electron chi connectivity index (χ2n) is 5.50. The molecule has 2 rings (SSSR count). The zero-order valence-electron chi connectivity index (χ0n) is 15.7. The van der Waals surface area contributed by atoms with Gasteiger partial charge in [-0.15, -0.1) is 0 Å². The fraction of sp³-hybridized carbons (Fsp3) is 0.300. The Morgan fingerprint density at radius 3 is 1.81 bits per heavy atom. The lowest BCUT2D eigenvalue weighted by atomic mass is 10.1. The molecule has 0 atom stereocenters. The van der Waals surface area contributed by atoms with E-state index in [4.69, 9.17) is 19.9 Å². The summed E-state index contributed by atoms with van der Waals surface area (Å²) < 4.78 is 16.9. The molecule has 3 N–H and O–H groups in total. The molecule has 0 spiro atoms. The van der Waals surface area contributed by atoms with Gasteiger partial charge in [0.2, 0.25) is 11.7 Å². The fourth-order valence-electron chi connectivity index (χ4n) is 2.44. The van der Waals surface area contributed by atoms with E-state index in [9.17, 15) is 9.59 Å². The third-order valence-electron chi connectivity index (χ3n) is 3.60. The van der Waals surface area contributed by atoms with Gasteiger partial charge < -0.3 is 25.3 Å². The number of carbonyl (C=O) groups excluding carboxylic acids is 2. The topological polar surface area (TPSA) is 99.9 Å². The largest absolute Gasteiger partial charge is 0.490 e. The van der Waals surface area contributed by atoms with Crippen molar-refractivity contribution >= 4 is 17.5 Å². The molecule has 2 amide bonds. The van der Waals surface area contributed by atoms with E-state index in [2.05, 4.69) is 5.32 Å². The maximum atomic E-state index is 12.7. The molecule has 7 heteroatoms. The molecule has 2 aromatic carbocycles. The van der Waals surface area contributed by atoms with Crippen LogP contribution in [0.5, 0.6) is 17.2 Å². The lowest BCUT2D eigenvalue weighted by Crippen LogP contribution is -2.14. The molecular formula is C20H24N2O5. The highest BCUT2D eigenvalue weighted by Crippen LogP contribution is 2.39. The SMILES string of the molecule is CCOc1cc(C(=O)Nc2ccc(C(N)=O)cc2)cc(OCC)c1OCC. The van der Waals surface area contributed by atoms with Crippen LogP contribution in [0.25, 0.3) is 0 Å². The first-order chi connectivity index (χ1) is 13.0. The number of carbonyl (C=O) groups is 2. The third-order valence-corrected chi connectivity index (χ3v) is 3.60. The first kappa shape index (κ1) is 20.1. The number of amides is 2. The van der Waals surface area contributed by atoms with E-state index in [0.29, 0.717) is 53.9 Å². The van der Waals surface area contributed by atoms with Crippen LogP contribution in [-0.2, 0) is 0 Å². The zero-order chi connectivity index (χ0) is 19.8. The monoisotopic (exact) mass is 372 g/mol. The smallest absolute Gasteiger partial charge is 0.255 e. The first-order valence-electron chi connectivity index (χ1n) is 8.77. The number of nitrogens with two attached hydrogens (primary N) is 1. The summed E-state index contributed by atoms with van der Waals surface area (Å²) in [6, 6.07) is 9.55. The summed E-state index contributed by atoms with van der Waals surface area (Å²) in [5.74, 6) is 0.497. The van der Waals surface area contributed by atoms with E-state index in [-0.39, 0.29) is 5.91 Å². The number of primary amides is 1. The van der Waals surface area contributed by atoms with Gasteiger partial charge >= 0.3 is 0 Å². The van der Waals surface area contributed by atoms with Crippen LogP contribution in [0.4, 0.5) is 5.69 Å². The maximum absolute atomic E-state index is 12.7. The van der Waals surface area contributed by atoms with Gasteiger partial charge in [0.05, 0.1) is 19.8 Å². The molecule has 0 aliphatic heterocycles. The van der Waals surface area contributed by atoms with Gasteiger partial charge in [0, 0.05) is 16.8 Å². The molecule has 27 heavy (non-hydrogen) atoms. The van der Waals surface area contributed by atoms with E-state index < -0.39 is 5.91 Å². The van der Waals surface area contributed by atoms with Crippen molar-refractivity contribution in [1.29, 1.82) is 0 Å². The van der Waals surface area contributed by atoms with E-state index in [1.54, 1.807) is 36.4 Å². The zero-order valence-corrected chi connectivity index (χ0v) is 15.7. The van der Waals surface area contributed by atoms with Crippen LogP contribution in [-0.4, -0.2) is 31.6 Å². The number of rotatable bonds is 9. The van der Waals surface area contributed by atoms with Crippen LogP contribution in [0.1, 0.15) is 41.5 Å². The predicted molar refractivity (Wildman–Crippen MR) is 103 cm³/mol. The Morgan fingerprint density at radius 2 is 1.37 bits per heavy atom. The van der Waals surface area contributed by atoms with Gasteiger partial charge in [-0.1, -0.05) is 0 Å². The fourth-order valence-corrected chi connectivity index (χ4v) is 2.44. The normalized spacial score (nSPS) is 10.2. The summed E-state index contributed by atoms with van der Waals surface area (Å²) in [7, 11) is 0. The number of ether oxygens (including phenoxy) is 3. The van der Waals surface area contributed by atoms with Crippen LogP contribution in [0, 0.1) is 0 Å². The van der Waals surface area contributed by atoms with Gasteiger partial charge in [-0.05, 0) is 57.2 Å². The quantitative estimate of drug-likeness (QED) is 0.704. The molecule has 7 nitrogen and oxygen atoms in total. The second-order valence-corrected chi connectivity index (χ2v) is 5.50. The van der Waals surface area contributed by atoms with Crippen molar-refractivity contribution < 1.29 is 23.8 Å². The first-order valence-corrected chi connectivity index (χ1v) is 8.77. The highest BCUT2D eigenvalue weighted by Gasteiger charge is 2.18. The summed E-state index contributed by atoms with van der Waals surface area (Å²) in [5, 5.41) is 2.77. The molecule has 0 radical (unpaired) electrons. The summed E-state index contributed by atoms with van der Waals surface area (Å²) in [6.45, 7) is 6.85. The Kier molecular flexibility index (Phi) is 7.05. The van der Waals surface area contributed by atoms with Gasteiger partial charge in [0.25, 0.3) is 5.91 Å². The number of hydrogen-bond donors (Lipinski definition) is 2.